The van der Waals surface area contributed by atoms with Gasteiger partial charge in [0.25, 0.3) is 22.9 Å². The number of amides is 2. The van der Waals surface area contributed by atoms with E-state index in [2.05, 4.69) is 137 Å². The minimum atomic E-state index is -3.89. The van der Waals surface area contributed by atoms with Crippen LogP contribution < -0.4 is 21.8 Å². The van der Waals surface area contributed by atoms with Gasteiger partial charge in [0.15, 0.2) is 95.5 Å². The molecule has 0 radical (unpaired) electrons. The molecule has 4 saturated heterocycles. The lowest BCUT2D eigenvalue weighted by Crippen LogP contribution is -2.48. The van der Waals surface area contributed by atoms with Crippen molar-refractivity contribution in [3.8, 4) is 12.3 Å². The molecule has 0 spiro atoms. The van der Waals surface area contributed by atoms with Gasteiger partial charge in [-0.3, -0.25) is 42.0 Å². The minimum absolute atomic E-state index is 0. The van der Waals surface area contributed by atoms with Crippen molar-refractivity contribution in [1.29, 1.82) is 0 Å². The number of hydrogen-bond donors (Lipinski definition) is 8. The molecule has 8 aromatic heterocycles. The molecule has 44 heteroatoms. The van der Waals surface area contributed by atoms with Crippen LogP contribution in [0.4, 0.5) is 11.6 Å². The monoisotopic (exact) mass is 1760 g/mol. The van der Waals surface area contributed by atoms with Crippen LogP contribution in [0.3, 0.4) is 0 Å². The first-order chi connectivity index (χ1) is 55.1. The Balaban J connectivity index is 0.000000258. The van der Waals surface area contributed by atoms with E-state index < -0.39 is 126 Å². The van der Waals surface area contributed by atoms with Gasteiger partial charge in [-0.15, -0.1) is 31.2 Å². The number of aromatic amines is 2. The van der Waals surface area contributed by atoms with Crippen LogP contribution in [0.25, 0.3) is 44.7 Å². The van der Waals surface area contributed by atoms with Crippen molar-refractivity contribution >= 4 is 109 Å². The van der Waals surface area contributed by atoms with Gasteiger partial charge in [-0.2, -0.15) is 0 Å². The summed E-state index contributed by atoms with van der Waals surface area (Å²) in [5, 5.41) is 25.3. The van der Waals surface area contributed by atoms with Crippen LogP contribution in [-0.2, 0) is 59.7 Å². The van der Waals surface area contributed by atoms with Gasteiger partial charge in [0.2, 0.25) is 0 Å². The highest BCUT2D eigenvalue weighted by Gasteiger charge is 2.54. The molecular formula is C76H110N18O21P4Si+2. The molecule has 2 amide bonds. The molecule has 0 saturated carbocycles. The number of rotatable bonds is 24. The third kappa shape index (κ3) is 21.8. The molecule has 0 aliphatic carbocycles. The molecule has 12 heterocycles. The maximum absolute atomic E-state index is 13.8. The number of aromatic nitrogens is 16. The summed E-state index contributed by atoms with van der Waals surface area (Å²) in [6.45, 7) is 27.9. The zero-order valence-electron chi connectivity index (χ0n) is 66.2. The van der Waals surface area contributed by atoms with E-state index in [-0.39, 0.29) is 118 Å². The Bertz CT molecular complexity index is 5380. The fourth-order valence-corrected chi connectivity index (χ4v) is 17.8. The van der Waals surface area contributed by atoms with E-state index >= 15 is 0 Å². The van der Waals surface area contributed by atoms with E-state index in [9.17, 15) is 48.0 Å². The Labute approximate surface area is 698 Å². The van der Waals surface area contributed by atoms with E-state index in [0.717, 1.165) is 6.42 Å². The quantitative estimate of drug-likeness (QED) is 0.0158. The number of terminal acetylenes is 1. The molecule has 14 rings (SSSR count). The number of fused-ring (bicyclic) bond motifs is 4. The maximum Gasteiger partial charge on any atom is 0.695 e. The molecular weight excluding hydrogens is 1650 g/mol. The predicted molar refractivity (Wildman–Crippen MR) is 454 cm³/mol. The fraction of sp³-hybridized carbons (Fsp3) is 0.526. The van der Waals surface area contributed by atoms with Gasteiger partial charge in [0.05, 0.1) is 63.4 Å². The number of anilines is 2. The number of ether oxygens (including phenoxy) is 4. The molecule has 2 aromatic carbocycles. The van der Waals surface area contributed by atoms with Crippen LogP contribution in [0.2, 0.25) is 18.1 Å². The standard InChI is InChI=1S/C31H35N9O11P2.C26H38N5O4PSi.C12H15N4O6P.C3H4.4CH4/c1-15-20(49-31(24(15)50-52(44)45)40-14-35-22-27(40)36-17(3)37-29(22)43)11-47-53(4,46)51-23-16(2)30(48-19(23)10-41)39-13-34-21-25(32-12-33-26(21)39)38-28(42)18-8-6-5-7-9-18;1-9-18-20(34-36(5)6)21(35-37(7,8)26(2,3)4)25(33-18)31-16-29-19-22(27-15-28-23(19)31)30-24(32)17-13-11-10-12-14-17;1-5-7(3-17)21-12(9(5)22-23(19)20)16-4-13-8-10(16)14-6(2)15-11(8)18;1-3-2;;;;/h5-9,12-16,19-20,23-24,30-31,41H,10-11H2,1-4H3,(H2-,32,33,36,37,38,42,43,44,45);10-16,18,20-21,25H,9H2,1-8H3,(H,27,28,30,32);4-5,7,9,12,17H,3H2,1-2H3,(H-,14,15,18,19,20);1H,2H3;4*1H4/p+2/t15-,16?,19+,20+,23+,24?,30+,31+,53?;18-,20+,21?,25-;5-,7+,9?,12+;;;;;/m010...../s1. The zero-order valence-corrected chi connectivity index (χ0v) is 70.7. The summed E-state index contributed by atoms with van der Waals surface area (Å²) >= 11 is 0. The van der Waals surface area contributed by atoms with Gasteiger partial charge in [0, 0.05) is 52.8 Å². The lowest BCUT2D eigenvalue weighted by molar-refractivity contribution is -0.0498. The molecule has 4 aliphatic heterocycles. The van der Waals surface area contributed by atoms with Crippen LogP contribution >= 0.6 is 32.3 Å². The molecule has 4 aliphatic rings. The molecule has 652 valence electrons. The SMILES string of the molecule is C.C.C.C.C#CC.CC[C@H]1O[C@@H](n2cnc3c(NC(=O)c4ccccc4)ncnc32)C(O[Si](C)(C)C(C)(C)C)[C@H]1OP(C)C.Cc1nc2c(ncn2[C@@H]2O[C@H](CO)[C@H](C)C2O[P+](=O)O)c(=O)[nH]1.Cc1nc2c(ncn2[C@@H]2O[C@H](COP(C)(=O)O[C@@H]3C(C)[C@H](n4cnc5c(NC(=O)c6ccccc6)ncnc54)O[C@@H]3CO)[C@H](C)C2O[P+](=O)O)c(=O)[nH]1. The smallest absolute Gasteiger partial charge is 0.407 e. The molecule has 8 N–H and O–H groups in total. The Kier molecular flexibility index (Phi) is 34.3. The first-order valence-corrected chi connectivity index (χ1v) is 46.2. The van der Waals surface area contributed by atoms with Gasteiger partial charge in [0.1, 0.15) is 54.9 Å². The van der Waals surface area contributed by atoms with E-state index in [1.807, 2.05) is 22.8 Å². The Morgan fingerprint density at radius 1 is 0.600 bits per heavy atom. The molecule has 0 bridgehead atoms. The highest BCUT2D eigenvalue weighted by atomic mass is 31.2. The van der Waals surface area contributed by atoms with Crippen molar-refractivity contribution in [2.45, 2.75) is 203 Å². The summed E-state index contributed by atoms with van der Waals surface area (Å²) in [5.74, 6) is 1.45. The van der Waals surface area contributed by atoms with Crippen LogP contribution in [0, 0.1) is 43.9 Å². The van der Waals surface area contributed by atoms with Gasteiger partial charge < -0.3 is 67.8 Å². The van der Waals surface area contributed by atoms with Crippen LogP contribution in [0.15, 0.2) is 108 Å². The summed E-state index contributed by atoms with van der Waals surface area (Å²) in [7, 11) is -12.6. The normalized spacial score (nSPS) is 24.6. The number of carbonyl (C=O) groups is 2. The minimum Gasteiger partial charge on any atom is -0.407 e. The van der Waals surface area contributed by atoms with Crippen molar-refractivity contribution in [3.05, 3.63) is 142 Å². The second-order valence-electron chi connectivity index (χ2n) is 29.6. The number of hydrogen-bond acceptors (Lipinski definition) is 29. The zero-order chi connectivity index (χ0) is 84.0. The summed E-state index contributed by atoms with van der Waals surface area (Å²) in [6.07, 6.45) is 5.18. The van der Waals surface area contributed by atoms with Gasteiger partial charge in [-0.1, -0.05) is 115 Å². The number of aryl methyl sites for hydroxylation is 2. The number of aliphatic hydroxyl groups excluding tert-OH is 2. The molecule has 4 fully saturated rings. The Hall–Kier alpha value is -8.74. The van der Waals surface area contributed by atoms with Crippen molar-refractivity contribution < 1.29 is 89.3 Å². The van der Waals surface area contributed by atoms with E-state index in [1.165, 1.54) is 47.4 Å². The maximum atomic E-state index is 13.8. The first-order valence-electron chi connectivity index (χ1n) is 36.8. The summed E-state index contributed by atoms with van der Waals surface area (Å²) < 4.78 is 104. The molecule has 39 nitrogen and oxygen atoms in total. The van der Waals surface area contributed by atoms with Crippen molar-refractivity contribution in [3.63, 3.8) is 0 Å². The third-order valence-corrected chi connectivity index (χ3v) is 27.6. The molecule has 7 unspecified atom stereocenters. The van der Waals surface area contributed by atoms with Gasteiger partial charge >= 0.3 is 24.1 Å². The number of benzene rings is 2. The Morgan fingerprint density at radius 3 is 1.41 bits per heavy atom. The fourth-order valence-electron chi connectivity index (χ4n) is 13.5. The van der Waals surface area contributed by atoms with Gasteiger partial charge in [-0.25, -0.2) is 49.8 Å². The third-order valence-electron chi connectivity index (χ3n) is 20.3. The first kappa shape index (κ1) is 98.4. The number of nitrogens with zero attached hydrogens (tertiary/aromatic N) is 14. The topological polar surface area (TPSA) is 497 Å². The van der Waals surface area contributed by atoms with E-state index in [1.54, 1.807) is 94.9 Å². The summed E-state index contributed by atoms with van der Waals surface area (Å²) in [6, 6.07) is 17.6. The highest BCUT2D eigenvalue weighted by molar-refractivity contribution is 7.53. The van der Waals surface area contributed by atoms with E-state index in [0.29, 0.717) is 50.9 Å². The highest BCUT2D eigenvalue weighted by Crippen LogP contribution is 2.53. The average molecular weight is 1760 g/mol. The largest absolute Gasteiger partial charge is 0.695 e. The lowest BCUT2D eigenvalue weighted by Gasteiger charge is -2.40. The van der Waals surface area contributed by atoms with Gasteiger partial charge in [-0.05, 0) is 82.9 Å². The summed E-state index contributed by atoms with van der Waals surface area (Å²) in [4.78, 5) is 117. The lowest BCUT2D eigenvalue weighted by atomic mass is 10.0. The number of aliphatic hydroxyl groups is 2. The molecule has 120 heavy (non-hydrogen) atoms. The molecule has 10 aromatic rings. The number of imidazole rings is 4. The van der Waals surface area contributed by atoms with Crippen molar-refractivity contribution in [1.82, 2.24) is 78.1 Å². The molecule has 19 atom stereocenters. The number of H-pyrrole nitrogens is 2. The van der Waals surface area contributed by atoms with Crippen LogP contribution in [0.5, 0.6) is 0 Å². The van der Waals surface area contributed by atoms with Crippen LogP contribution in [0.1, 0.15) is 149 Å². The average Bonchev–Trinajstić information content (AvgIpc) is 1.54. The van der Waals surface area contributed by atoms with E-state index in [4.69, 9.17) is 50.9 Å². The Morgan fingerprint density at radius 2 is 0.992 bits per heavy atom. The predicted octanol–water partition coefficient (Wildman–Crippen LogP) is 11.8. The second-order valence-corrected chi connectivity index (χ2v) is 39.5. The number of carbonyl (C=O) groups excluding carboxylic acids is 2. The van der Waals surface area contributed by atoms with Crippen molar-refractivity contribution in [2.75, 3.05) is 50.4 Å². The van der Waals surface area contributed by atoms with Crippen molar-refractivity contribution in [2.24, 2.45) is 17.8 Å². The van der Waals surface area contributed by atoms with Crippen LogP contribution in [-0.4, -0.2) is 213 Å². The second kappa shape index (κ2) is 41.9. The number of nitrogens with one attached hydrogen (secondary N) is 4. The summed E-state index contributed by atoms with van der Waals surface area (Å²) in [5.41, 5.74) is 2.47.